The molecule has 0 bridgehead atoms. The fraction of sp³-hybridized carbons (Fsp3) is 0.278. The van der Waals surface area contributed by atoms with Gasteiger partial charge in [-0.05, 0) is 44.0 Å². The molecule has 0 unspecified atom stereocenters. The number of ether oxygens (including phenoxy) is 1. The molecule has 0 atom stereocenters. The molecule has 4 heteroatoms. The molecule has 0 aliphatic carbocycles. The third-order valence-corrected chi connectivity index (χ3v) is 4.21. The minimum atomic E-state index is -0.338. The number of anilines is 1. The molecule has 2 rings (SSSR count). The van der Waals surface area contributed by atoms with Crippen molar-refractivity contribution in [2.45, 2.75) is 33.4 Å². The summed E-state index contributed by atoms with van der Waals surface area (Å²) in [4.78, 5) is 14.1. The van der Waals surface area contributed by atoms with E-state index in [0.29, 0.717) is 0 Å². The Balaban J connectivity index is 2.13. The minimum absolute atomic E-state index is 0.0119. The maximum Gasteiger partial charge on any atom is 0.414 e. The van der Waals surface area contributed by atoms with Gasteiger partial charge in [0, 0.05) is 16.2 Å². The lowest BCUT2D eigenvalue weighted by Gasteiger charge is -2.26. The van der Waals surface area contributed by atoms with Crippen molar-refractivity contribution in [2.24, 2.45) is 0 Å². The lowest BCUT2D eigenvalue weighted by molar-refractivity contribution is 0.145. The van der Waals surface area contributed by atoms with Crippen LogP contribution in [0.25, 0.3) is 0 Å². The maximum atomic E-state index is 12.4. The first-order valence-electron chi connectivity index (χ1n) is 7.25. The summed E-state index contributed by atoms with van der Waals surface area (Å²) < 4.78 is 6.43. The fourth-order valence-corrected chi connectivity index (χ4v) is 2.50. The zero-order chi connectivity index (χ0) is 16.1. The zero-order valence-electron chi connectivity index (χ0n) is 13.0. The molecule has 0 heterocycles. The van der Waals surface area contributed by atoms with E-state index in [9.17, 15) is 4.79 Å². The largest absolute Gasteiger partial charge is 0.444 e. The molecule has 22 heavy (non-hydrogen) atoms. The van der Waals surface area contributed by atoms with Gasteiger partial charge in [-0.3, -0.25) is 4.90 Å². The van der Waals surface area contributed by atoms with E-state index in [1.165, 1.54) is 0 Å². The second kappa shape index (κ2) is 7.45. The van der Waals surface area contributed by atoms with Crippen LogP contribution in [0.5, 0.6) is 0 Å². The van der Waals surface area contributed by atoms with Gasteiger partial charge in [0.2, 0.25) is 0 Å². The highest BCUT2D eigenvalue weighted by molar-refractivity contribution is 9.10. The van der Waals surface area contributed by atoms with Gasteiger partial charge in [-0.1, -0.05) is 52.3 Å². The Labute approximate surface area is 140 Å². The van der Waals surface area contributed by atoms with Gasteiger partial charge in [-0.15, -0.1) is 0 Å². The fourth-order valence-electron chi connectivity index (χ4n) is 2.13. The Morgan fingerprint density at radius 1 is 1.18 bits per heavy atom. The van der Waals surface area contributed by atoms with Gasteiger partial charge in [0.15, 0.2) is 0 Å². The summed E-state index contributed by atoms with van der Waals surface area (Å²) in [5.41, 5.74) is 2.93. The van der Waals surface area contributed by atoms with Gasteiger partial charge in [-0.2, -0.15) is 0 Å². The van der Waals surface area contributed by atoms with E-state index in [4.69, 9.17) is 4.74 Å². The molecule has 3 nitrogen and oxygen atoms in total. The molecule has 0 fully saturated rings. The van der Waals surface area contributed by atoms with E-state index >= 15 is 0 Å². The molecular weight excluding hydrogens is 342 g/mol. The Morgan fingerprint density at radius 3 is 2.45 bits per heavy atom. The molecule has 0 saturated carbocycles. The highest BCUT2D eigenvalue weighted by Crippen LogP contribution is 2.25. The standard InChI is InChI=1S/C18H20BrNO2/c1-13(2)20(16-10-9-14(3)17(19)11-16)18(21)22-12-15-7-5-4-6-8-15/h4-11,13H,12H2,1-3H3. The minimum Gasteiger partial charge on any atom is -0.444 e. The molecule has 2 aromatic rings. The predicted molar refractivity (Wildman–Crippen MR) is 93.1 cm³/mol. The summed E-state index contributed by atoms with van der Waals surface area (Å²) in [7, 11) is 0. The van der Waals surface area contributed by atoms with Crippen LogP contribution in [0.3, 0.4) is 0 Å². The second-order valence-corrected chi connectivity index (χ2v) is 6.29. The van der Waals surface area contributed by atoms with Crippen LogP contribution >= 0.6 is 15.9 Å². The molecule has 116 valence electrons. The number of rotatable bonds is 4. The summed E-state index contributed by atoms with van der Waals surface area (Å²) >= 11 is 3.51. The van der Waals surface area contributed by atoms with Crippen LogP contribution < -0.4 is 4.90 Å². The monoisotopic (exact) mass is 361 g/mol. The van der Waals surface area contributed by atoms with E-state index in [0.717, 1.165) is 21.3 Å². The van der Waals surface area contributed by atoms with Crippen molar-refractivity contribution in [3.8, 4) is 0 Å². The molecule has 2 aromatic carbocycles. The zero-order valence-corrected chi connectivity index (χ0v) is 14.6. The smallest absolute Gasteiger partial charge is 0.414 e. The first-order valence-corrected chi connectivity index (χ1v) is 8.04. The lowest BCUT2D eigenvalue weighted by atomic mass is 10.2. The normalized spacial score (nSPS) is 10.6. The van der Waals surface area contributed by atoms with Crippen LogP contribution in [-0.4, -0.2) is 12.1 Å². The van der Waals surface area contributed by atoms with Gasteiger partial charge in [-0.25, -0.2) is 4.79 Å². The van der Waals surface area contributed by atoms with Crippen molar-refractivity contribution in [1.82, 2.24) is 0 Å². The molecule has 0 aromatic heterocycles. The summed E-state index contributed by atoms with van der Waals surface area (Å²) in [5.74, 6) is 0. The van der Waals surface area contributed by atoms with Gasteiger partial charge in [0.25, 0.3) is 0 Å². The average molecular weight is 362 g/mol. The Bertz CT molecular complexity index is 641. The maximum absolute atomic E-state index is 12.4. The van der Waals surface area contributed by atoms with E-state index in [2.05, 4.69) is 15.9 Å². The summed E-state index contributed by atoms with van der Waals surface area (Å²) in [5, 5.41) is 0. The van der Waals surface area contributed by atoms with Crippen molar-refractivity contribution in [3.63, 3.8) is 0 Å². The van der Waals surface area contributed by atoms with Crippen LogP contribution in [0.1, 0.15) is 25.0 Å². The first kappa shape index (κ1) is 16.6. The third kappa shape index (κ3) is 4.10. The molecule has 0 spiro atoms. The van der Waals surface area contributed by atoms with Crippen LogP contribution in [0.4, 0.5) is 10.5 Å². The van der Waals surface area contributed by atoms with Crippen LogP contribution in [0, 0.1) is 6.92 Å². The molecule has 0 aliphatic heterocycles. The number of halogens is 1. The van der Waals surface area contributed by atoms with Gasteiger partial charge in [0.05, 0.1) is 0 Å². The molecular formula is C18H20BrNO2. The number of nitrogens with zero attached hydrogens (tertiary/aromatic N) is 1. The van der Waals surface area contributed by atoms with Gasteiger partial charge >= 0.3 is 6.09 Å². The van der Waals surface area contributed by atoms with Crippen molar-refractivity contribution in [2.75, 3.05) is 4.90 Å². The number of aryl methyl sites for hydroxylation is 1. The van der Waals surface area contributed by atoms with Crippen molar-refractivity contribution >= 4 is 27.7 Å². The van der Waals surface area contributed by atoms with Crippen molar-refractivity contribution in [3.05, 3.63) is 64.1 Å². The Kier molecular flexibility index (Phi) is 5.61. The summed E-state index contributed by atoms with van der Waals surface area (Å²) in [6.07, 6.45) is -0.338. The second-order valence-electron chi connectivity index (χ2n) is 5.44. The quantitative estimate of drug-likeness (QED) is 0.738. The van der Waals surface area contributed by atoms with Crippen molar-refractivity contribution in [1.29, 1.82) is 0 Å². The van der Waals surface area contributed by atoms with E-state index < -0.39 is 0 Å². The van der Waals surface area contributed by atoms with Crippen LogP contribution in [-0.2, 0) is 11.3 Å². The molecule has 0 saturated heterocycles. The lowest BCUT2D eigenvalue weighted by Crippen LogP contribution is -2.37. The number of carbonyl (C=O) groups is 1. The number of hydrogen-bond donors (Lipinski definition) is 0. The molecule has 0 radical (unpaired) electrons. The van der Waals surface area contributed by atoms with E-state index in [1.807, 2.05) is 69.3 Å². The highest BCUT2D eigenvalue weighted by atomic mass is 79.9. The highest BCUT2D eigenvalue weighted by Gasteiger charge is 2.21. The van der Waals surface area contributed by atoms with Crippen molar-refractivity contribution < 1.29 is 9.53 Å². The van der Waals surface area contributed by atoms with Crippen LogP contribution in [0.15, 0.2) is 53.0 Å². The first-order chi connectivity index (χ1) is 10.5. The SMILES string of the molecule is Cc1ccc(N(C(=O)OCc2ccccc2)C(C)C)cc1Br. The topological polar surface area (TPSA) is 29.5 Å². The van der Waals surface area contributed by atoms with Gasteiger partial charge in [0.1, 0.15) is 6.61 Å². The third-order valence-electron chi connectivity index (χ3n) is 3.35. The molecule has 0 aliphatic rings. The number of hydrogen-bond acceptors (Lipinski definition) is 2. The average Bonchev–Trinajstić information content (AvgIpc) is 2.50. The number of benzene rings is 2. The van der Waals surface area contributed by atoms with E-state index in [-0.39, 0.29) is 18.7 Å². The van der Waals surface area contributed by atoms with Gasteiger partial charge < -0.3 is 4.74 Å². The molecule has 1 amide bonds. The summed E-state index contributed by atoms with van der Waals surface area (Å²) in [6.45, 7) is 6.23. The number of amides is 1. The predicted octanol–water partition coefficient (Wildman–Crippen LogP) is 5.31. The molecule has 0 N–H and O–H groups in total. The number of carbonyl (C=O) groups excluding carboxylic acids is 1. The summed E-state index contributed by atoms with van der Waals surface area (Å²) in [6, 6.07) is 15.6. The van der Waals surface area contributed by atoms with Crippen LogP contribution in [0.2, 0.25) is 0 Å². The Hall–Kier alpha value is -1.81. The van der Waals surface area contributed by atoms with E-state index in [1.54, 1.807) is 4.90 Å². The Morgan fingerprint density at radius 2 is 1.86 bits per heavy atom.